The number of amides is 1. The summed E-state index contributed by atoms with van der Waals surface area (Å²) in [5, 5.41) is 2.90. The molecular weight excluding hydrogens is 190 g/mol. The second-order valence-corrected chi connectivity index (χ2v) is 5.02. The van der Waals surface area contributed by atoms with Gasteiger partial charge >= 0.3 is 0 Å². The van der Waals surface area contributed by atoms with Crippen molar-refractivity contribution in [3.63, 3.8) is 0 Å². The fourth-order valence-electron chi connectivity index (χ4n) is 2.29. The van der Waals surface area contributed by atoms with Crippen molar-refractivity contribution in [3.8, 4) is 0 Å². The predicted octanol–water partition coefficient (Wildman–Crippen LogP) is 1.52. The standard InChI is InChI=1S/C12H19NO2/c1-8(14)6-12(15)13-7-11(9-2-3-9)10-4-5-10/h9-11H,2-7H2,1H3,(H,13,15). The third kappa shape index (κ3) is 3.33. The lowest BCUT2D eigenvalue weighted by Crippen LogP contribution is -2.32. The summed E-state index contributed by atoms with van der Waals surface area (Å²) in [5.41, 5.74) is 0. The highest BCUT2D eigenvalue weighted by Crippen LogP contribution is 2.48. The van der Waals surface area contributed by atoms with Gasteiger partial charge in [0.05, 0.1) is 6.42 Å². The van der Waals surface area contributed by atoms with Crippen LogP contribution >= 0.6 is 0 Å². The summed E-state index contributed by atoms with van der Waals surface area (Å²) in [4.78, 5) is 22.0. The highest BCUT2D eigenvalue weighted by molar-refractivity contribution is 5.96. The number of hydrogen-bond acceptors (Lipinski definition) is 2. The molecule has 1 N–H and O–H groups in total. The van der Waals surface area contributed by atoms with E-state index in [-0.39, 0.29) is 18.1 Å². The van der Waals surface area contributed by atoms with Crippen LogP contribution in [0.4, 0.5) is 0 Å². The van der Waals surface area contributed by atoms with Crippen molar-refractivity contribution in [1.82, 2.24) is 5.32 Å². The summed E-state index contributed by atoms with van der Waals surface area (Å²) in [7, 11) is 0. The molecule has 2 rings (SSSR count). The summed E-state index contributed by atoms with van der Waals surface area (Å²) in [6.45, 7) is 2.25. The zero-order valence-electron chi connectivity index (χ0n) is 9.29. The van der Waals surface area contributed by atoms with Crippen molar-refractivity contribution in [2.45, 2.75) is 39.0 Å². The molecule has 0 heterocycles. The number of ketones is 1. The molecule has 15 heavy (non-hydrogen) atoms. The average Bonchev–Trinajstić information content (AvgIpc) is 2.99. The van der Waals surface area contributed by atoms with Crippen molar-refractivity contribution < 1.29 is 9.59 Å². The van der Waals surface area contributed by atoms with Crippen LogP contribution in [0.15, 0.2) is 0 Å². The first-order valence-electron chi connectivity index (χ1n) is 5.93. The molecule has 0 aromatic heterocycles. The third-order valence-corrected chi connectivity index (χ3v) is 3.40. The number of carbonyl (C=O) groups excluding carboxylic acids is 2. The molecule has 0 aromatic rings. The van der Waals surface area contributed by atoms with E-state index in [1.165, 1.54) is 32.6 Å². The zero-order valence-corrected chi connectivity index (χ0v) is 9.29. The molecule has 0 saturated heterocycles. The summed E-state index contributed by atoms with van der Waals surface area (Å²) >= 11 is 0. The van der Waals surface area contributed by atoms with Gasteiger partial charge in [-0.3, -0.25) is 9.59 Å². The number of nitrogens with one attached hydrogen (secondary N) is 1. The molecule has 0 spiro atoms. The van der Waals surface area contributed by atoms with E-state index in [0.717, 1.165) is 18.4 Å². The molecule has 3 nitrogen and oxygen atoms in total. The summed E-state index contributed by atoms with van der Waals surface area (Å²) in [6.07, 6.45) is 5.39. The second-order valence-electron chi connectivity index (χ2n) is 5.02. The molecule has 0 bridgehead atoms. The highest BCUT2D eigenvalue weighted by Gasteiger charge is 2.41. The molecule has 84 valence electrons. The van der Waals surface area contributed by atoms with Crippen molar-refractivity contribution in [3.05, 3.63) is 0 Å². The van der Waals surface area contributed by atoms with Gasteiger partial charge in [0.25, 0.3) is 0 Å². The van der Waals surface area contributed by atoms with Gasteiger partial charge in [0.1, 0.15) is 5.78 Å². The van der Waals surface area contributed by atoms with Gasteiger partial charge in [0.15, 0.2) is 0 Å². The topological polar surface area (TPSA) is 46.2 Å². The largest absolute Gasteiger partial charge is 0.355 e. The first-order chi connectivity index (χ1) is 7.16. The zero-order chi connectivity index (χ0) is 10.8. The molecule has 2 aliphatic rings. The van der Waals surface area contributed by atoms with Crippen LogP contribution in [0, 0.1) is 17.8 Å². The molecule has 1 amide bonds. The van der Waals surface area contributed by atoms with Crippen molar-refractivity contribution in [1.29, 1.82) is 0 Å². The molecule has 0 aromatic carbocycles. The van der Waals surface area contributed by atoms with Crippen LogP contribution in [0.25, 0.3) is 0 Å². The minimum atomic E-state index is -0.103. The van der Waals surface area contributed by atoms with E-state index in [4.69, 9.17) is 0 Å². The lowest BCUT2D eigenvalue weighted by atomic mass is 9.98. The van der Waals surface area contributed by atoms with E-state index < -0.39 is 0 Å². The fourth-order valence-corrected chi connectivity index (χ4v) is 2.29. The Kier molecular flexibility index (Phi) is 3.08. The number of carbonyl (C=O) groups is 2. The average molecular weight is 209 g/mol. The lowest BCUT2D eigenvalue weighted by Gasteiger charge is -2.15. The van der Waals surface area contributed by atoms with Crippen LogP contribution in [0.1, 0.15) is 39.0 Å². The Morgan fingerprint density at radius 2 is 1.73 bits per heavy atom. The normalized spacial score (nSPS) is 20.4. The van der Waals surface area contributed by atoms with Crippen LogP contribution < -0.4 is 5.32 Å². The van der Waals surface area contributed by atoms with Crippen LogP contribution in [-0.2, 0) is 9.59 Å². The smallest absolute Gasteiger partial charge is 0.227 e. The number of rotatable bonds is 6. The van der Waals surface area contributed by atoms with Crippen LogP contribution in [0.3, 0.4) is 0 Å². The summed E-state index contributed by atoms with van der Waals surface area (Å²) in [6, 6.07) is 0. The Labute approximate surface area is 90.6 Å². The molecule has 0 aliphatic heterocycles. The van der Waals surface area contributed by atoms with E-state index in [0.29, 0.717) is 5.92 Å². The van der Waals surface area contributed by atoms with Gasteiger partial charge in [-0.05, 0) is 50.4 Å². The maximum Gasteiger partial charge on any atom is 0.227 e. The van der Waals surface area contributed by atoms with Gasteiger partial charge in [-0.2, -0.15) is 0 Å². The number of hydrogen-bond donors (Lipinski definition) is 1. The molecule has 3 heteroatoms. The first kappa shape index (κ1) is 10.7. The lowest BCUT2D eigenvalue weighted by molar-refractivity contribution is -0.127. The van der Waals surface area contributed by atoms with Crippen molar-refractivity contribution in [2.24, 2.45) is 17.8 Å². The first-order valence-corrected chi connectivity index (χ1v) is 5.93. The van der Waals surface area contributed by atoms with E-state index in [2.05, 4.69) is 5.32 Å². The Morgan fingerprint density at radius 1 is 1.20 bits per heavy atom. The van der Waals surface area contributed by atoms with Gasteiger partial charge < -0.3 is 5.32 Å². The molecule has 2 aliphatic carbocycles. The molecule has 0 radical (unpaired) electrons. The van der Waals surface area contributed by atoms with Crippen LogP contribution in [-0.4, -0.2) is 18.2 Å². The summed E-state index contributed by atoms with van der Waals surface area (Å²) < 4.78 is 0. The highest BCUT2D eigenvalue weighted by atomic mass is 16.2. The fraction of sp³-hybridized carbons (Fsp3) is 0.833. The maximum absolute atomic E-state index is 11.3. The summed E-state index contributed by atoms with van der Waals surface area (Å²) in [5.74, 6) is 2.25. The quantitative estimate of drug-likeness (QED) is 0.674. The van der Waals surface area contributed by atoms with E-state index >= 15 is 0 Å². The molecule has 0 atom stereocenters. The molecule has 0 unspecified atom stereocenters. The van der Waals surface area contributed by atoms with E-state index in [1.807, 2.05) is 0 Å². The Hall–Kier alpha value is -0.860. The second kappa shape index (κ2) is 4.33. The Morgan fingerprint density at radius 3 is 2.13 bits per heavy atom. The number of Topliss-reactive ketones (excluding diaryl/α,β-unsaturated/α-hetero) is 1. The van der Waals surface area contributed by atoms with Gasteiger partial charge in [-0.1, -0.05) is 0 Å². The molecule has 2 saturated carbocycles. The SMILES string of the molecule is CC(=O)CC(=O)NCC(C1CC1)C1CC1. The third-order valence-electron chi connectivity index (χ3n) is 3.40. The van der Waals surface area contributed by atoms with Gasteiger partial charge in [0.2, 0.25) is 5.91 Å². The van der Waals surface area contributed by atoms with Crippen molar-refractivity contribution >= 4 is 11.7 Å². The van der Waals surface area contributed by atoms with Gasteiger partial charge in [0, 0.05) is 6.54 Å². The minimum absolute atomic E-state index is 0.0437. The Balaban J connectivity index is 1.70. The van der Waals surface area contributed by atoms with Gasteiger partial charge in [-0.25, -0.2) is 0 Å². The maximum atomic E-state index is 11.3. The van der Waals surface area contributed by atoms with Crippen LogP contribution in [0.5, 0.6) is 0 Å². The molecule has 2 fully saturated rings. The van der Waals surface area contributed by atoms with Gasteiger partial charge in [-0.15, -0.1) is 0 Å². The Bertz CT molecular complexity index is 255. The monoisotopic (exact) mass is 209 g/mol. The minimum Gasteiger partial charge on any atom is -0.355 e. The van der Waals surface area contributed by atoms with E-state index in [1.54, 1.807) is 0 Å². The predicted molar refractivity (Wildman–Crippen MR) is 57.2 cm³/mol. The van der Waals surface area contributed by atoms with E-state index in [9.17, 15) is 9.59 Å². The molecular formula is C12H19NO2. The van der Waals surface area contributed by atoms with Crippen LogP contribution in [0.2, 0.25) is 0 Å². The van der Waals surface area contributed by atoms with Crippen molar-refractivity contribution in [2.75, 3.05) is 6.54 Å².